The first-order valence-corrected chi connectivity index (χ1v) is 9.69. The highest BCUT2D eigenvalue weighted by atomic mass is 32.2. The summed E-state index contributed by atoms with van der Waals surface area (Å²) in [6.45, 7) is 14.8. The minimum atomic E-state index is -1.04. The number of allylic oxidation sites excluding steroid dienone is 2. The molecule has 0 aliphatic carbocycles. The van der Waals surface area contributed by atoms with E-state index in [9.17, 15) is 0 Å². The molecule has 0 saturated heterocycles. The van der Waals surface area contributed by atoms with Gasteiger partial charge in [-0.25, -0.2) is 0 Å². The second-order valence-corrected chi connectivity index (χ2v) is 11.9. The predicted molar refractivity (Wildman–Crippen MR) is 69.4 cm³/mol. The molecule has 0 nitrogen and oxygen atoms in total. The van der Waals surface area contributed by atoms with Crippen molar-refractivity contribution in [1.82, 2.24) is 0 Å². The van der Waals surface area contributed by atoms with Crippen molar-refractivity contribution in [3.8, 4) is 0 Å². The maximum atomic E-state index is 2.54. The molecule has 0 aromatic rings. The number of rotatable bonds is 0. The van der Waals surface area contributed by atoms with Crippen LogP contribution in [0.25, 0.3) is 0 Å². The van der Waals surface area contributed by atoms with Crippen molar-refractivity contribution in [2.24, 2.45) is 10.8 Å². The van der Waals surface area contributed by atoms with Gasteiger partial charge in [0.15, 0.2) is 0 Å². The molecule has 2 heterocycles. The summed E-state index contributed by atoms with van der Waals surface area (Å²) in [6.07, 6.45) is 0. The number of thioether (sulfide) groups is 1. The number of hydrogen-bond acceptors (Lipinski definition) is 1. The molecule has 0 radical (unpaired) electrons. The second kappa shape index (κ2) is 2.70. The van der Waals surface area contributed by atoms with Gasteiger partial charge in [0, 0.05) is 11.5 Å². The zero-order chi connectivity index (χ0) is 10.8. The van der Waals surface area contributed by atoms with Gasteiger partial charge in [0.1, 0.15) is 8.07 Å². The molecule has 0 amide bonds. The molecule has 0 aromatic heterocycles. The molecular formula is C12H22SSi. The van der Waals surface area contributed by atoms with Crippen LogP contribution in [-0.2, 0) is 0 Å². The van der Waals surface area contributed by atoms with Gasteiger partial charge >= 0.3 is 0 Å². The maximum absolute atomic E-state index is 2.54. The lowest BCUT2D eigenvalue weighted by atomic mass is 9.89. The van der Waals surface area contributed by atoms with Crippen molar-refractivity contribution < 1.29 is 0 Å². The van der Waals surface area contributed by atoms with Crippen LogP contribution in [0.4, 0.5) is 0 Å². The molecule has 2 aliphatic rings. The van der Waals surface area contributed by atoms with Crippen LogP contribution in [0.5, 0.6) is 0 Å². The van der Waals surface area contributed by atoms with Crippen LogP contribution < -0.4 is 0 Å². The van der Waals surface area contributed by atoms with Gasteiger partial charge in [0.25, 0.3) is 0 Å². The fourth-order valence-electron chi connectivity index (χ4n) is 3.54. The first-order chi connectivity index (χ1) is 6.20. The zero-order valence-corrected chi connectivity index (χ0v) is 12.1. The lowest BCUT2D eigenvalue weighted by molar-refractivity contribution is 0.531. The average molecular weight is 226 g/mol. The van der Waals surface area contributed by atoms with E-state index in [-0.39, 0.29) is 0 Å². The van der Waals surface area contributed by atoms with Crippen LogP contribution in [0.3, 0.4) is 0 Å². The van der Waals surface area contributed by atoms with Crippen LogP contribution in [-0.4, -0.2) is 19.6 Å². The molecule has 14 heavy (non-hydrogen) atoms. The molecular weight excluding hydrogens is 204 g/mol. The Bertz CT molecular complexity index is 282. The Hall–Kier alpha value is 0.307. The van der Waals surface area contributed by atoms with E-state index in [1.807, 2.05) is 10.4 Å². The summed E-state index contributed by atoms with van der Waals surface area (Å²) < 4.78 is 0. The smallest absolute Gasteiger partial charge is 0.103 e. The summed E-state index contributed by atoms with van der Waals surface area (Å²) in [7, 11) is -1.04. The van der Waals surface area contributed by atoms with Crippen LogP contribution in [0.2, 0.25) is 13.1 Å². The highest BCUT2D eigenvalue weighted by Gasteiger charge is 2.58. The molecule has 0 atom stereocenters. The lowest BCUT2D eigenvalue weighted by Crippen LogP contribution is -2.28. The maximum Gasteiger partial charge on any atom is 0.103 e. The summed E-state index contributed by atoms with van der Waals surface area (Å²) in [5.41, 5.74) is 0.979. The number of hydrogen-bond donors (Lipinski definition) is 0. The Morgan fingerprint density at radius 1 is 0.929 bits per heavy atom. The largest absolute Gasteiger partial charge is 0.160 e. The molecule has 0 bridgehead atoms. The summed E-state index contributed by atoms with van der Waals surface area (Å²) in [6, 6.07) is 0. The minimum Gasteiger partial charge on any atom is -0.160 e. The molecule has 0 fully saturated rings. The standard InChI is InChI=1S/C12H22SSi/c1-11(2)7-13-8-12(3,4)10-9(11)14(10,5)6/h7-8H2,1-6H3. The molecule has 2 heteroatoms. The molecule has 0 saturated carbocycles. The molecule has 0 unspecified atom stereocenters. The third-order valence-corrected chi connectivity index (χ3v) is 9.67. The highest BCUT2D eigenvalue weighted by molar-refractivity contribution is 7.99. The first-order valence-electron chi connectivity index (χ1n) is 5.53. The van der Waals surface area contributed by atoms with Crippen molar-refractivity contribution in [1.29, 1.82) is 0 Å². The molecule has 0 spiro atoms. The Morgan fingerprint density at radius 2 is 1.29 bits per heavy atom. The third kappa shape index (κ3) is 1.34. The van der Waals surface area contributed by atoms with Gasteiger partial charge in [-0.15, -0.1) is 0 Å². The Labute approximate surface area is 93.6 Å². The Morgan fingerprint density at radius 3 is 1.64 bits per heavy atom. The third-order valence-electron chi connectivity index (χ3n) is 3.72. The molecule has 0 aromatic carbocycles. The summed E-state index contributed by atoms with van der Waals surface area (Å²) in [4.78, 5) is 0. The van der Waals surface area contributed by atoms with Crippen LogP contribution >= 0.6 is 11.8 Å². The average Bonchev–Trinajstić information content (AvgIpc) is 2.54. The summed E-state index contributed by atoms with van der Waals surface area (Å²) >= 11 is 2.15. The Kier molecular flexibility index (Phi) is 2.09. The van der Waals surface area contributed by atoms with Crippen molar-refractivity contribution in [2.75, 3.05) is 11.5 Å². The summed E-state index contributed by atoms with van der Waals surface area (Å²) in [5, 5.41) is 3.78. The second-order valence-electron chi connectivity index (χ2n) is 6.64. The zero-order valence-electron chi connectivity index (χ0n) is 10.3. The van der Waals surface area contributed by atoms with Gasteiger partial charge in [-0.05, 0) is 10.8 Å². The minimum absolute atomic E-state index is 0.490. The van der Waals surface area contributed by atoms with Gasteiger partial charge < -0.3 is 0 Å². The predicted octanol–water partition coefficient (Wildman–Crippen LogP) is 3.88. The van der Waals surface area contributed by atoms with E-state index in [4.69, 9.17) is 0 Å². The molecule has 2 rings (SSSR count). The fourth-order valence-corrected chi connectivity index (χ4v) is 11.1. The van der Waals surface area contributed by atoms with E-state index in [2.05, 4.69) is 52.6 Å². The quantitative estimate of drug-likeness (QED) is 0.565. The van der Waals surface area contributed by atoms with E-state index in [1.54, 1.807) is 0 Å². The van der Waals surface area contributed by atoms with Crippen LogP contribution in [0.1, 0.15) is 27.7 Å². The van der Waals surface area contributed by atoms with E-state index in [0.717, 1.165) is 0 Å². The van der Waals surface area contributed by atoms with E-state index >= 15 is 0 Å². The normalized spacial score (nSPS) is 32.1. The van der Waals surface area contributed by atoms with Crippen LogP contribution in [0.15, 0.2) is 10.4 Å². The van der Waals surface area contributed by atoms with Crippen molar-refractivity contribution in [3.63, 3.8) is 0 Å². The van der Waals surface area contributed by atoms with Gasteiger partial charge in [-0.1, -0.05) is 51.2 Å². The first kappa shape index (κ1) is 10.8. The molecule has 2 aliphatic heterocycles. The van der Waals surface area contributed by atoms with Crippen molar-refractivity contribution in [3.05, 3.63) is 10.4 Å². The summed E-state index contributed by atoms with van der Waals surface area (Å²) in [5.74, 6) is 2.65. The lowest BCUT2D eigenvalue weighted by Gasteiger charge is -2.28. The topological polar surface area (TPSA) is 0 Å². The molecule has 0 N–H and O–H groups in total. The Balaban J connectivity index is 2.43. The van der Waals surface area contributed by atoms with E-state index in [0.29, 0.717) is 10.8 Å². The van der Waals surface area contributed by atoms with E-state index < -0.39 is 8.07 Å². The van der Waals surface area contributed by atoms with Crippen molar-refractivity contribution >= 4 is 19.8 Å². The van der Waals surface area contributed by atoms with Gasteiger partial charge in [-0.3, -0.25) is 0 Å². The monoisotopic (exact) mass is 226 g/mol. The fraction of sp³-hybridized carbons (Fsp3) is 0.833. The SMILES string of the molecule is CC1(C)CSCC(C)(C)C2=C1[Si]2(C)C. The van der Waals surface area contributed by atoms with Gasteiger partial charge in [-0.2, -0.15) is 11.8 Å². The highest BCUT2D eigenvalue weighted by Crippen LogP contribution is 2.61. The van der Waals surface area contributed by atoms with E-state index in [1.165, 1.54) is 11.5 Å². The van der Waals surface area contributed by atoms with Gasteiger partial charge in [0.05, 0.1) is 0 Å². The molecule has 80 valence electrons. The van der Waals surface area contributed by atoms with Crippen molar-refractivity contribution in [2.45, 2.75) is 40.8 Å². The van der Waals surface area contributed by atoms with Gasteiger partial charge in [0.2, 0.25) is 0 Å². The van der Waals surface area contributed by atoms with Crippen LogP contribution in [0, 0.1) is 10.8 Å².